The van der Waals surface area contributed by atoms with E-state index in [4.69, 9.17) is 9.68 Å². The first-order valence-electron chi connectivity index (χ1n) is 7.01. The molecule has 0 atom stereocenters. The molecule has 3 rings (SSSR count). The minimum absolute atomic E-state index is 0.707. The largest absolute Gasteiger partial charge is 0.357 e. The molecule has 0 aliphatic rings. The van der Waals surface area contributed by atoms with Gasteiger partial charge in [-0.3, -0.25) is 0 Å². The number of thiophene rings is 1. The molecule has 5 heteroatoms. The van der Waals surface area contributed by atoms with Crippen LogP contribution in [0.25, 0.3) is 0 Å². The van der Waals surface area contributed by atoms with E-state index in [2.05, 4.69) is 10.3 Å². The number of hydrogen-bond acceptors (Lipinski definition) is 5. The van der Waals surface area contributed by atoms with E-state index >= 15 is 0 Å². The Morgan fingerprint density at radius 1 is 0.609 bits per heavy atom. The van der Waals surface area contributed by atoms with Crippen LogP contribution < -0.4 is 9.68 Å². The minimum atomic E-state index is 0.707. The second-order valence-corrected chi connectivity index (χ2v) is 5.66. The van der Waals surface area contributed by atoms with Crippen molar-refractivity contribution in [2.24, 2.45) is 10.3 Å². The number of benzene rings is 2. The Kier molecular flexibility index (Phi) is 5.16. The summed E-state index contributed by atoms with van der Waals surface area (Å²) in [5, 5.41) is 7.93. The summed E-state index contributed by atoms with van der Waals surface area (Å²) >= 11 is 1.54. The molecular weight excluding hydrogens is 308 g/mol. The van der Waals surface area contributed by atoms with Crippen molar-refractivity contribution < 1.29 is 9.68 Å². The lowest BCUT2D eigenvalue weighted by Gasteiger charge is -1.95. The Labute approximate surface area is 138 Å². The lowest BCUT2D eigenvalue weighted by molar-refractivity contribution is 0.344. The van der Waals surface area contributed by atoms with Gasteiger partial charge in [-0.1, -0.05) is 46.7 Å². The number of nitrogens with zero attached hydrogens (tertiary/aromatic N) is 2. The maximum absolute atomic E-state index is 5.28. The predicted octanol–water partition coefficient (Wildman–Crippen LogP) is 4.57. The highest BCUT2D eigenvalue weighted by Crippen LogP contribution is 2.14. The van der Waals surface area contributed by atoms with Gasteiger partial charge in [0.2, 0.25) is 0 Å². The van der Waals surface area contributed by atoms with Gasteiger partial charge in [0.15, 0.2) is 11.5 Å². The monoisotopic (exact) mass is 322 g/mol. The molecular formula is C18H14N2O2S. The molecule has 0 saturated carbocycles. The highest BCUT2D eigenvalue weighted by atomic mass is 32.1. The van der Waals surface area contributed by atoms with Crippen molar-refractivity contribution in [2.45, 2.75) is 0 Å². The van der Waals surface area contributed by atoms with Crippen LogP contribution in [-0.4, -0.2) is 12.4 Å². The molecule has 0 saturated heterocycles. The molecule has 1 heterocycles. The number of rotatable bonds is 6. The summed E-state index contributed by atoms with van der Waals surface area (Å²) in [4.78, 5) is 12.5. The van der Waals surface area contributed by atoms with Crippen LogP contribution in [0, 0.1) is 0 Å². The molecule has 4 nitrogen and oxygen atoms in total. The number of oxime groups is 2. The van der Waals surface area contributed by atoms with Crippen molar-refractivity contribution in [3.8, 4) is 11.5 Å². The maximum Gasteiger partial charge on any atom is 0.157 e. The Hall–Kier alpha value is -2.92. The first-order chi connectivity index (χ1) is 11.4. The fraction of sp³-hybridized carbons (Fsp3) is 0. The van der Waals surface area contributed by atoms with Crippen LogP contribution in [0.4, 0.5) is 0 Å². The molecule has 0 aliphatic carbocycles. The smallest absolute Gasteiger partial charge is 0.157 e. The molecule has 0 amide bonds. The van der Waals surface area contributed by atoms with Gasteiger partial charge in [0, 0.05) is 9.75 Å². The van der Waals surface area contributed by atoms with E-state index < -0.39 is 0 Å². The summed E-state index contributed by atoms with van der Waals surface area (Å²) in [5.74, 6) is 1.41. The summed E-state index contributed by atoms with van der Waals surface area (Å²) in [6.07, 6.45) is 3.35. The Morgan fingerprint density at radius 2 is 1.04 bits per heavy atom. The van der Waals surface area contributed by atoms with E-state index in [9.17, 15) is 0 Å². The summed E-state index contributed by atoms with van der Waals surface area (Å²) in [6, 6.07) is 22.8. The quantitative estimate of drug-likeness (QED) is 0.493. The predicted molar refractivity (Wildman–Crippen MR) is 93.6 cm³/mol. The SMILES string of the molecule is C(=N\Oc1ccccc1)/c1ccc(/C=N/Oc2ccccc2)s1. The van der Waals surface area contributed by atoms with Gasteiger partial charge in [-0.25, -0.2) is 0 Å². The lowest BCUT2D eigenvalue weighted by Crippen LogP contribution is -1.84. The van der Waals surface area contributed by atoms with Gasteiger partial charge in [-0.15, -0.1) is 11.3 Å². The third kappa shape index (κ3) is 4.79. The second kappa shape index (κ2) is 7.91. The highest BCUT2D eigenvalue weighted by Gasteiger charge is 1.96. The molecule has 0 aliphatic heterocycles. The zero-order chi connectivity index (χ0) is 15.7. The fourth-order valence-corrected chi connectivity index (χ4v) is 2.48. The van der Waals surface area contributed by atoms with Crippen molar-refractivity contribution >= 4 is 23.8 Å². The molecule has 0 bridgehead atoms. The van der Waals surface area contributed by atoms with Crippen LogP contribution >= 0.6 is 11.3 Å². The van der Waals surface area contributed by atoms with E-state index in [1.165, 1.54) is 0 Å². The normalized spacial score (nSPS) is 11.1. The molecule has 0 fully saturated rings. The standard InChI is InChI=1S/C18H14N2O2S/c1-3-7-15(8-4-1)21-19-13-17-11-12-18(23-17)14-20-22-16-9-5-2-6-10-16/h1-14H/b19-13+,20-14+. The minimum Gasteiger partial charge on any atom is -0.357 e. The van der Waals surface area contributed by atoms with Crippen LogP contribution in [0.3, 0.4) is 0 Å². The maximum atomic E-state index is 5.28. The van der Waals surface area contributed by atoms with Gasteiger partial charge < -0.3 is 9.68 Å². The van der Waals surface area contributed by atoms with Crippen LogP contribution in [0.15, 0.2) is 83.1 Å². The summed E-state index contributed by atoms with van der Waals surface area (Å²) < 4.78 is 0. The molecule has 0 N–H and O–H groups in total. The molecule has 114 valence electrons. The number of para-hydroxylation sites is 2. The Morgan fingerprint density at radius 3 is 1.48 bits per heavy atom. The van der Waals surface area contributed by atoms with Crippen molar-refractivity contribution in [3.05, 3.63) is 82.6 Å². The topological polar surface area (TPSA) is 43.2 Å². The van der Waals surface area contributed by atoms with Gasteiger partial charge in [0.25, 0.3) is 0 Å². The van der Waals surface area contributed by atoms with E-state index in [-0.39, 0.29) is 0 Å². The first kappa shape index (κ1) is 15.0. The van der Waals surface area contributed by atoms with Crippen LogP contribution in [-0.2, 0) is 0 Å². The lowest BCUT2D eigenvalue weighted by atomic mass is 10.3. The van der Waals surface area contributed by atoms with E-state index in [1.807, 2.05) is 72.8 Å². The van der Waals surface area contributed by atoms with Crippen molar-refractivity contribution in [1.29, 1.82) is 0 Å². The third-order valence-corrected chi connectivity index (χ3v) is 3.76. The first-order valence-corrected chi connectivity index (χ1v) is 7.82. The molecule has 2 aromatic carbocycles. The molecule has 0 spiro atoms. The van der Waals surface area contributed by atoms with Gasteiger partial charge in [0.1, 0.15) is 0 Å². The third-order valence-electron chi connectivity index (χ3n) is 2.81. The van der Waals surface area contributed by atoms with Gasteiger partial charge in [0.05, 0.1) is 12.4 Å². The molecule has 0 unspecified atom stereocenters. The Bertz CT molecular complexity index is 717. The second-order valence-electron chi connectivity index (χ2n) is 4.52. The highest BCUT2D eigenvalue weighted by molar-refractivity contribution is 7.15. The van der Waals surface area contributed by atoms with Gasteiger partial charge >= 0.3 is 0 Å². The average Bonchev–Trinajstić information content (AvgIpc) is 3.05. The van der Waals surface area contributed by atoms with Crippen LogP contribution in [0.2, 0.25) is 0 Å². The molecule has 3 aromatic rings. The van der Waals surface area contributed by atoms with Crippen molar-refractivity contribution in [1.82, 2.24) is 0 Å². The van der Waals surface area contributed by atoms with Crippen LogP contribution in [0.5, 0.6) is 11.5 Å². The summed E-state index contributed by atoms with van der Waals surface area (Å²) in [5.41, 5.74) is 0. The molecule has 23 heavy (non-hydrogen) atoms. The van der Waals surface area contributed by atoms with E-state index in [1.54, 1.807) is 23.8 Å². The van der Waals surface area contributed by atoms with Gasteiger partial charge in [-0.05, 0) is 36.4 Å². The number of hydrogen-bond donors (Lipinski definition) is 0. The molecule has 1 aromatic heterocycles. The zero-order valence-electron chi connectivity index (χ0n) is 12.2. The molecule has 0 radical (unpaired) electrons. The van der Waals surface area contributed by atoms with Crippen LogP contribution in [0.1, 0.15) is 9.75 Å². The van der Waals surface area contributed by atoms with E-state index in [0.29, 0.717) is 11.5 Å². The summed E-state index contributed by atoms with van der Waals surface area (Å²) in [6.45, 7) is 0. The van der Waals surface area contributed by atoms with Crippen molar-refractivity contribution in [3.63, 3.8) is 0 Å². The van der Waals surface area contributed by atoms with Crippen molar-refractivity contribution in [2.75, 3.05) is 0 Å². The van der Waals surface area contributed by atoms with Gasteiger partial charge in [-0.2, -0.15) is 0 Å². The average molecular weight is 322 g/mol. The van der Waals surface area contributed by atoms with E-state index in [0.717, 1.165) is 9.75 Å². The zero-order valence-corrected chi connectivity index (χ0v) is 13.0. The fourth-order valence-electron chi connectivity index (χ4n) is 1.75. The Balaban J connectivity index is 1.53. The summed E-state index contributed by atoms with van der Waals surface area (Å²) in [7, 11) is 0.